The summed E-state index contributed by atoms with van der Waals surface area (Å²) in [5.74, 6) is -0.528. The lowest BCUT2D eigenvalue weighted by molar-refractivity contribution is -0.644. The highest BCUT2D eigenvalue weighted by Crippen LogP contribution is 2.19. The number of amides is 2. The second kappa shape index (κ2) is 6.47. The molecule has 1 aromatic carbocycles. The molecule has 6 heteroatoms. The molecular weight excluding hydrogens is 261 g/mol. The van der Waals surface area contributed by atoms with Gasteiger partial charge in [-0.1, -0.05) is 6.92 Å². The van der Waals surface area contributed by atoms with Crippen molar-refractivity contribution in [3.8, 4) is 0 Å². The summed E-state index contributed by atoms with van der Waals surface area (Å²) in [6, 6.07) is 5.71. The highest BCUT2D eigenvalue weighted by Gasteiger charge is 2.32. The van der Waals surface area contributed by atoms with Crippen molar-refractivity contribution in [2.24, 2.45) is 0 Å². The maximum atomic E-state index is 12.9. The van der Waals surface area contributed by atoms with Crippen LogP contribution in [0.25, 0.3) is 0 Å². The molecule has 0 spiro atoms. The molecule has 0 saturated carbocycles. The van der Waals surface area contributed by atoms with Gasteiger partial charge in [0, 0.05) is 5.69 Å². The van der Waals surface area contributed by atoms with Gasteiger partial charge in [0.15, 0.2) is 6.54 Å². The average molecular weight is 280 g/mol. The van der Waals surface area contributed by atoms with E-state index in [9.17, 15) is 14.0 Å². The molecule has 2 amide bonds. The van der Waals surface area contributed by atoms with Crippen LogP contribution in [-0.4, -0.2) is 43.0 Å². The maximum Gasteiger partial charge on any atom is 0.279 e. The van der Waals surface area contributed by atoms with Crippen molar-refractivity contribution < 1.29 is 19.3 Å². The molecule has 0 atom stereocenters. The van der Waals surface area contributed by atoms with E-state index in [0.717, 1.165) is 13.0 Å². The van der Waals surface area contributed by atoms with Crippen LogP contribution in [0.15, 0.2) is 24.3 Å². The summed E-state index contributed by atoms with van der Waals surface area (Å²) in [6.45, 7) is 3.64. The number of rotatable bonds is 5. The smallest absolute Gasteiger partial charge is 0.279 e. The van der Waals surface area contributed by atoms with Gasteiger partial charge in [0.05, 0.1) is 6.54 Å². The van der Waals surface area contributed by atoms with Crippen LogP contribution in [0.5, 0.6) is 0 Å². The minimum Gasteiger partial charge on any atom is -0.338 e. The van der Waals surface area contributed by atoms with E-state index in [1.165, 1.54) is 21.9 Å². The van der Waals surface area contributed by atoms with Gasteiger partial charge in [-0.25, -0.2) is 4.39 Å². The zero-order valence-corrected chi connectivity index (χ0v) is 11.5. The van der Waals surface area contributed by atoms with Crippen LogP contribution in [0.2, 0.25) is 0 Å². The topological polar surface area (TPSA) is 57.2 Å². The highest BCUT2D eigenvalue weighted by atomic mass is 19.1. The largest absolute Gasteiger partial charge is 0.338 e. The Hall–Kier alpha value is -1.95. The van der Waals surface area contributed by atoms with Crippen molar-refractivity contribution in [1.29, 1.82) is 0 Å². The Morgan fingerprint density at radius 1 is 1.35 bits per heavy atom. The minimum absolute atomic E-state index is 0.0450. The molecule has 0 aromatic heterocycles. The van der Waals surface area contributed by atoms with Crippen LogP contribution in [0.3, 0.4) is 0 Å². The Morgan fingerprint density at radius 2 is 2.05 bits per heavy atom. The van der Waals surface area contributed by atoms with Crippen molar-refractivity contribution in [3.63, 3.8) is 0 Å². The van der Waals surface area contributed by atoms with E-state index < -0.39 is 0 Å². The Balaban J connectivity index is 1.96. The lowest BCUT2D eigenvalue weighted by atomic mass is 10.3. The van der Waals surface area contributed by atoms with E-state index in [1.54, 1.807) is 12.1 Å². The number of hydrogen-bond acceptors (Lipinski definition) is 2. The lowest BCUT2D eigenvalue weighted by Gasteiger charge is -2.17. The van der Waals surface area contributed by atoms with Crippen molar-refractivity contribution in [2.75, 3.05) is 31.2 Å². The van der Waals surface area contributed by atoms with Gasteiger partial charge in [-0.15, -0.1) is 0 Å². The first-order valence-corrected chi connectivity index (χ1v) is 6.77. The predicted molar refractivity (Wildman–Crippen MR) is 72.4 cm³/mol. The van der Waals surface area contributed by atoms with Crippen LogP contribution in [0, 0.1) is 5.82 Å². The SMILES string of the molecule is CCC[NH2+]CC(=O)N1CC(=O)N(c2ccc(F)cc2)C1. The van der Waals surface area contributed by atoms with Crippen LogP contribution in [-0.2, 0) is 9.59 Å². The van der Waals surface area contributed by atoms with Gasteiger partial charge < -0.3 is 10.2 Å². The molecule has 1 aromatic rings. The molecule has 2 N–H and O–H groups in total. The second-order valence-corrected chi connectivity index (χ2v) is 4.81. The average Bonchev–Trinajstić information content (AvgIpc) is 2.82. The lowest BCUT2D eigenvalue weighted by Crippen LogP contribution is -2.86. The maximum absolute atomic E-state index is 12.9. The highest BCUT2D eigenvalue weighted by molar-refractivity contribution is 6.00. The third-order valence-corrected chi connectivity index (χ3v) is 3.24. The molecular formula is C14H19FN3O2+. The number of halogens is 1. The van der Waals surface area contributed by atoms with Gasteiger partial charge in [-0.3, -0.25) is 14.5 Å². The third-order valence-electron chi connectivity index (χ3n) is 3.24. The van der Waals surface area contributed by atoms with E-state index in [2.05, 4.69) is 6.92 Å². The fourth-order valence-electron chi connectivity index (χ4n) is 2.12. The molecule has 1 saturated heterocycles. The van der Waals surface area contributed by atoms with Crippen LogP contribution in [0.1, 0.15) is 13.3 Å². The molecule has 20 heavy (non-hydrogen) atoms. The number of nitrogens with two attached hydrogens (primary N) is 1. The molecule has 5 nitrogen and oxygen atoms in total. The van der Waals surface area contributed by atoms with Crippen molar-refractivity contribution in [3.05, 3.63) is 30.1 Å². The van der Waals surface area contributed by atoms with Gasteiger partial charge >= 0.3 is 0 Å². The van der Waals surface area contributed by atoms with E-state index in [4.69, 9.17) is 0 Å². The first-order chi connectivity index (χ1) is 9.61. The molecule has 108 valence electrons. The van der Waals surface area contributed by atoms with E-state index in [0.29, 0.717) is 12.2 Å². The number of nitrogens with zero attached hydrogens (tertiary/aromatic N) is 2. The first-order valence-electron chi connectivity index (χ1n) is 6.77. The van der Waals surface area contributed by atoms with E-state index >= 15 is 0 Å². The fourth-order valence-corrected chi connectivity index (χ4v) is 2.12. The Bertz CT molecular complexity index is 490. The summed E-state index contributed by atoms with van der Waals surface area (Å²) in [5.41, 5.74) is 0.615. The zero-order valence-electron chi connectivity index (χ0n) is 11.5. The van der Waals surface area contributed by atoms with Gasteiger partial charge in [0.1, 0.15) is 19.0 Å². The summed E-state index contributed by atoms with van der Waals surface area (Å²) in [6.07, 6.45) is 1.01. The molecule has 0 aliphatic carbocycles. The second-order valence-electron chi connectivity index (χ2n) is 4.81. The van der Waals surface area contributed by atoms with Crippen molar-refractivity contribution >= 4 is 17.5 Å². The number of carbonyl (C=O) groups excluding carboxylic acids is 2. The number of benzene rings is 1. The molecule has 0 radical (unpaired) electrons. The normalized spacial score (nSPS) is 15.0. The quantitative estimate of drug-likeness (QED) is 0.768. The minimum atomic E-state index is -0.345. The first kappa shape index (κ1) is 14.5. The Morgan fingerprint density at radius 3 is 2.70 bits per heavy atom. The number of quaternary nitrogens is 1. The van der Waals surface area contributed by atoms with Gasteiger partial charge in [0.25, 0.3) is 5.91 Å². The van der Waals surface area contributed by atoms with Crippen molar-refractivity contribution in [2.45, 2.75) is 13.3 Å². The summed E-state index contributed by atoms with van der Waals surface area (Å²) in [7, 11) is 0. The van der Waals surface area contributed by atoms with Gasteiger partial charge in [-0.2, -0.15) is 0 Å². The van der Waals surface area contributed by atoms with Crippen LogP contribution in [0.4, 0.5) is 10.1 Å². The molecule has 1 fully saturated rings. The summed E-state index contributed by atoms with van der Waals surface area (Å²) < 4.78 is 12.9. The molecule has 2 rings (SSSR count). The van der Waals surface area contributed by atoms with Crippen LogP contribution < -0.4 is 10.2 Å². The summed E-state index contributed by atoms with van der Waals surface area (Å²) >= 11 is 0. The Labute approximate surface area is 117 Å². The molecule has 0 bridgehead atoms. The van der Waals surface area contributed by atoms with E-state index in [-0.39, 0.29) is 30.8 Å². The number of carbonyl (C=O) groups is 2. The fraction of sp³-hybridized carbons (Fsp3) is 0.429. The third kappa shape index (κ3) is 3.33. The standard InChI is InChI=1S/C14H18FN3O2/c1-2-7-16-8-13(19)17-9-14(20)18(10-17)12-5-3-11(15)4-6-12/h3-6,16H,2,7-10H2,1H3/p+1. The van der Waals surface area contributed by atoms with Gasteiger partial charge in [0.2, 0.25) is 5.91 Å². The molecule has 1 heterocycles. The summed E-state index contributed by atoms with van der Waals surface area (Å²) in [4.78, 5) is 26.9. The van der Waals surface area contributed by atoms with Crippen LogP contribution >= 0.6 is 0 Å². The zero-order chi connectivity index (χ0) is 14.5. The van der Waals surface area contributed by atoms with Gasteiger partial charge in [-0.05, 0) is 30.7 Å². The number of hydrogen-bond donors (Lipinski definition) is 1. The molecule has 1 aliphatic heterocycles. The Kier molecular flexibility index (Phi) is 4.68. The number of anilines is 1. The van der Waals surface area contributed by atoms with E-state index in [1.807, 2.05) is 5.32 Å². The summed E-state index contributed by atoms with van der Waals surface area (Å²) in [5, 5.41) is 1.94. The monoisotopic (exact) mass is 280 g/mol. The molecule has 1 aliphatic rings. The molecule has 0 unspecified atom stereocenters. The predicted octanol–water partition coefficient (Wildman–Crippen LogP) is -0.0682. The van der Waals surface area contributed by atoms with Crippen molar-refractivity contribution in [1.82, 2.24) is 4.90 Å².